The summed E-state index contributed by atoms with van der Waals surface area (Å²) in [6, 6.07) is 16.3. The van der Waals surface area contributed by atoms with Crippen LogP contribution in [0.1, 0.15) is 21.5 Å². The van der Waals surface area contributed by atoms with Gasteiger partial charge in [0.25, 0.3) is 11.6 Å². The number of nitrogens with one attached hydrogen (secondary N) is 1. The SMILES string of the molecule is COc1cc(/C=N\NC(=O)c2cccc([N+](=O)[O-])c2)cc(I)c1OCc1ccc(Cl)cc1. The molecule has 1 amide bonds. The number of amides is 1. The number of hydrogen-bond acceptors (Lipinski definition) is 6. The van der Waals surface area contributed by atoms with Crippen LogP contribution in [0.15, 0.2) is 65.8 Å². The third-order valence-electron chi connectivity index (χ3n) is 4.25. The van der Waals surface area contributed by atoms with Crippen LogP contribution in [0, 0.1) is 13.7 Å². The predicted molar refractivity (Wildman–Crippen MR) is 130 cm³/mol. The van der Waals surface area contributed by atoms with E-state index >= 15 is 0 Å². The van der Waals surface area contributed by atoms with Gasteiger partial charge in [-0.05, 0) is 64.0 Å². The second kappa shape index (κ2) is 10.9. The van der Waals surface area contributed by atoms with E-state index in [9.17, 15) is 14.9 Å². The van der Waals surface area contributed by atoms with Crippen molar-refractivity contribution in [2.75, 3.05) is 7.11 Å². The minimum Gasteiger partial charge on any atom is -0.493 e. The Balaban J connectivity index is 1.69. The molecule has 8 nitrogen and oxygen atoms in total. The molecule has 32 heavy (non-hydrogen) atoms. The molecular weight excluding hydrogens is 549 g/mol. The summed E-state index contributed by atoms with van der Waals surface area (Å²) in [5.41, 5.74) is 3.95. The Bertz CT molecular complexity index is 1170. The van der Waals surface area contributed by atoms with Crippen LogP contribution in [-0.4, -0.2) is 24.2 Å². The monoisotopic (exact) mass is 565 g/mol. The fourth-order valence-electron chi connectivity index (χ4n) is 2.68. The van der Waals surface area contributed by atoms with Gasteiger partial charge in [0.1, 0.15) is 6.61 Å². The maximum atomic E-state index is 12.2. The molecule has 0 aliphatic carbocycles. The van der Waals surface area contributed by atoms with E-state index < -0.39 is 10.8 Å². The first-order valence-corrected chi connectivity index (χ1v) is 10.7. The molecule has 0 aliphatic heterocycles. The molecule has 0 unspecified atom stereocenters. The molecule has 0 heterocycles. The summed E-state index contributed by atoms with van der Waals surface area (Å²) in [4.78, 5) is 22.5. The third-order valence-corrected chi connectivity index (χ3v) is 5.30. The van der Waals surface area contributed by atoms with Crippen molar-refractivity contribution in [2.45, 2.75) is 6.61 Å². The lowest BCUT2D eigenvalue weighted by atomic mass is 10.2. The summed E-state index contributed by atoms with van der Waals surface area (Å²) in [6.45, 7) is 0.343. The van der Waals surface area contributed by atoms with E-state index in [0.717, 1.165) is 9.13 Å². The first kappa shape index (κ1) is 23.5. The van der Waals surface area contributed by atoms with E-state index in [2.05, 4.69) is 33.1 Å². The molecule has 3 rings (SSSR count). The lowest BCUT2D eigenvalue weighted by molar-refractivity contribution is -0.384. The molecule has 3 aromatic carbocycles. The summed E-state index contributed by atoms with van der Waals surface area (Å²) in [6.07, 6.45) is 1.45. The molecule has 0 atom stereocenters. The highest BCUT2D eigenvalue weighted by Crippen LogP contribution is 2.34. The fourth-order valence-corrected chi connectivity index (χ4v) is 3.59. The number of nitro benzene ring substituents is 1. The van der Waals surface area contributed by atoms with Crippen LogP contribution in [-0.2, 0) is 6.61 Å². The summed E-state index contributed by atoms with van der Waals surface area (Å²) in [7, 11) is 1.53. The number of rotatable bonds is 8. The summed E-state index contributed by atoms with van der Waals surface area (Å²) < 4.78 is 12.2. The number of carbonyl (C=O) groups is 1. The van der Waals surface area contributed by atoms with E-state index in [1.807, 2.05) is 18.2 Å². The van der Waals surface area contributed by atoms with Crippen molar-refractivity contribution in [3.05, 3.63) is 96.1 Å². The van der Waals surface area contributed by atoms with Crippen molar-refractivity contribution in [3.63, 3.8) is 0 Å². The molecule has 0 fully saturated rings. The fraction of sp³-hybridized carbons (Fsp3) is 0.0909. The van der Waals surface area contributed by atoms with Crippen LogP contribution in [0.3, 0.4) is 0 Å². The van der Waals surface area contributed by atoms with Crippen LogP contribution < -0.4 is 14.9 Å². The Morgan fingerprint density at radius 3 is 2.66 bits per heavy atom. The van der Waals surface area contributed by atoms with Crippen molar-refractivity contribution in [3.8, 4) is 11.5 Å². The lowest BCUT2D eigenvalue weighted by Crippen LogP contribution is -2.17. The Labute approximate surface area is 202 Å². The maximum absolute atomic E-state index is 12.2. The van der Waals surface area contributed by atoms with Crippen LogP contribution >= 0.6 is 34.2 Å². The van der Waals surface area contributed by atoms with E-state index in [4.69, 9.17) is 21.1 Å². The average molecular weight is 566 g/mol. The van der Waals surface area contributed by atoms with Crippen LogP contribution in [0.4, 0.5) is 5.69 Å². The maximum Gasteiger partial charge on any atom is 0.271 e. The van der Waals surface area contributed by atoms with Gasteiger partial charge >= 0.3 is 0 Å². The van der Waals surface area contributed by atoms with Gasteiger partial charge in [0, 0.05) is 22.7 Å². The van der Waals surface area contributed by atoms with Crippen LogP contribution in [0.2, 0.25) is 5.02 Å². The van der Waals surface area contributed by atoms with Crippen molar-refractivity contribution < 1.29 is 19.2 Å². The molecule has 10 heteroatoms. The highest BCUT2D eigenvalue weighted by molar-refractivity contribution is 14.1. The van der Waals surface area contributed by atoms with Gasteiger partial charge in [-0.1, -0.05) is 29.8 Å². The minimum atomic E-state index is -0.565. The van der Waals surface area contributed by atoms with E-state index in [-0.39, 0.29) is 11.3 Å². The van der Waals surface area contributed by atoms with Crippen LogP contribution in [0.5, 0.6) is 11.5 Å². The molecular formula is C22H17ClIN3O5. The topological polar surface area (TPSA) is 103 Å². The Morgan fingerprint density at radius 1 is 1.22 bits per heavy atom. The third kappa shape index (κ3) is 6.17. The first-order valence-electron chi connectivity index (χ1n) is 9.20. The summed E-state index contributed by atoms with van der Waals surface area (Å²) in [5.74, 6) is 0.535. The van der Waals surface area contributed by atoms with Gasteiger partial charge in [-0.2, -0.15) is 5.10 Å². The number of nitro groups is 1. The van der Waals surface area contributed by atoms with Crippen molar-refractivity contribution in [1.29, 1.82) is 0 Å². The molecule has 164 valence electrons. The zero-order chi connectivity index (χ0) is 23.1. The predicted octanol–water partition coefficient (Wildman–Crippen LogP) is 5.20. The Morgan fingerprint density at radius 2 is 1.97 bits per heavy atom. The van der Waals surface area contributed by atoms with Gasteiger partial charge in [-0.25, -0.2) is 5.43 Å². The standard InChI is InChI=1S/C22H17ClIN3O5/c1-31-20-10-15(9-19(24)21(20)32-13-14-5-7-17(23)8-6-14)12-25-26-22(28)16-3-2-4-18(11-16)27(29)30/h2-12H,13H2,1H3,(H,26,28)/b25-12-. The second-order valence-corrected chi connectivity index (χ2v) is 8.05. The molecule has 0 saturated carbocycles. The number of carbonyl (C=O) groups excluding carboxylic acids is 1. The normalized spacial score (nSPS) is 10.7. The molecule has 0 spiro atoms. The Hall–Kier alpha value is -3.18. The average Bonchev–Trinajstić information content (AvgIpc) is 2.79. The van der Waals surface area contributed by atoms with Crippen molar-refractivity contribution in [1.82, 2.24) is 5.43 Å². The molecule has 3 aromatic rings. The minimum absolute atomic E-state index is 0.134. The molecule has 0 saturated heterocycles. The zero-order valence-corrected chi connectivity index (χ0v) is 19.7. The highest BCUT2D eigenvalue weighted by Gasteiger charge is 2.13. The molecule has 0 aromatic heterocycles. The highest BCUT2D eigenvalue weighted by atomic mass is 127. The second-order valence-electron chi connectivity index (χ2n) is 6.46. The number of benzene rings is 3. The van der Waals surface area contributed by atoms with E-state index in [1.165, 1.54) is 37.6 Å². The van der Waals surface area contributed by atoms with Crippen molar-refractivity contribution in [2.24, 2.45) is 5.10 Å². The van der Waals surface area contributed by atoms with Gasteiger partial charge in [0.15, 0.2) is 11.5 Å². The number of methoxy groups -OCH3 is 1. The van der Waals surface area contributed by atoms with Crippen LogP contribution in [0.25, 0.3) is 0 Å². The van der Waals surface area contributed by atoms with Gasteiger partial charge in [0.2, 0.25) is 0 Å². The zero-order valence-electron chi connectivity index (χ0n) is 16.7. The van der Waals surface area contributed by atoms with Gasteiger partial charge < -0.3 is 9.47 Å². The number of halogens is 2. The number of nitrogens with zero attached hydrogens (tertiary/aromatic N) is 2. The quantitative estimate of drug-likeness (QED) is 0.175. The lowest BCUT2D eigenvalue weighted by Gasteiger charge is -2.13. The van der Waals surface area contributed by atoms with E-state index in [1.54, 1.807) is 18.2 Å². The van der Waals surface area contributed by atoms with E-state index in [0.29, 0.717) is 28.7 Å². The molecule has 1 N–H and O–H groups in total. The van der Waals surface area contributed by atoms with Gasteiger partial charge in [-0.3, -0.25) is 14.9 Å². The number of non-ortho nitro benzene ring substituents is 1. The number of ether oxygens (including phenoxy) is 2. The number of hydrazone groups is 1. The summed E-state index contributed by atoms with van der Waals surface area (Å²) >= 11 is 8.04. The smallest absolute Gasteiger partial charge is 0.271 e. The summed E-state index contributed by atoms with van der Waals surface area (Å²) in [5, 5.41) is 15.4. The van der Waals surface area contributed by atoms with Gasteiger partial charge in [0.05, 0.1) is 21.8 Å². The van der Waals surface area contributed by atoms with Crippen molar-refractivity contribution >= 4 is 52.0 Å². The molecule has 0 bridgehead atoms. The molecule has 0 aliphatic rings. The Kier molecular flexibility index (Phi) is 8.01. The number of hydrogen-bond donors (Lipinski definition) is 1. The largest absolute Gasteiger partial charge is 0.493 e. The molecule has 0 radical (unpaired) electrons. The van der Waals surface area contributed by atoms with Gasteiger partial charge in [-0.15, -0.1) is 0 Å². The first-order chi connectivity index (χ1) is 15.4.